The van der Waals surface area contributed by atoms with E-state index >= 15 is 0 Å². The Balaban J connectivity index is 1.63. The maximum Gasteiger partial charge on any atom is 0.417 e. The monoisotopic (exact) mass is 453 g/mol. The van der Waals surface area contributed by atoms with Gasteiger partial charge in [0, 0.05) is 32.2 Å². The first-order valence-corrected chi connectivity index (χ1v) is 10.4. The number of rotatable bonds is 8. The number of nitrogens with zero attached hydrogens (tertiary/aromatic N) is 2. The molecule has 4 rings (SSSR count). The molecule has 33 heavy (non-hydrogen) atoms. The zero-order chi connectivity index (χ0) is 23.4. The number of hydrogen-bond donors (Lipinski definition) is 1. The van der Waals surface area contributed by atoms with E-state index in [1.54, 1.807) is 49.5 Å². The molecule has 0 amide bonds. The van der Waals surface area contributed by atoms with Gasteiger partial charge in [0.15, 0.2) is 5.58 Å². The number of halogens is 3. The first-order valence-electron chi connectivity index (χ1n) is 10.4. The minimum absolute atomic E-state index is 0.115. The van der Waals surface area contributed by atoms with E-state index in [0.29, 0.717) is 41.9 Å². The van der Waals surface area contributed by atoms with Crippen molar-refractivity contribution >= 4 is 29.1 Å². The number of oxazole rings is 1. The highest BCUT2D eigenvalue weighted by Crippen LogP contribution is 2.40. The van der Waals surface area contributed by atoms with Crippen LogP contribution in [0.15, 0.2) is 71.1 Å². The molecule has 1 aromatic heterocycles. The van der Waals surface area contributed by atoms with Crippen LogP contribution in [0.1, 0.15) is 17.5 Å². The molecule has 1 N–H and O–H groups in total. The van der Waals surface area contributed by atoms with E-state index in [2.05, 4.69) is 10.3 Å². The Morgan fingerprint density at radius 2 is 1.85 bits per heavy atom. The second-order valence-corrected chi connectivity index (χ2v) is 7.58. The molecule has 0 spiro atoms. The largest absolute Gasteiger partial charge is 0.423 e. The van der Waals surface area contributed by atoms with E-state index in [9.17, 15) is 18.0 Å². The fourth-order valence-corrected chi connectivity index (χ4v) is 3.56. The van der Waals surface area contributed by atoms with Gasteiger partial charge in [0.2, 0.25) is 0 Å². The Labute approximate surface area is 188 Å². The first-order chi connectivity index (χ1) is 15.9. The topological polar surface area (TPSA) is 58.4 Å². The zero-order valence-electron chi connectivity index (χ0n) is 17.9. The standard InChI is InChI=1S/C25H22F3N3O2/c1-31(24-30-22-14-17(8-11-23(22)33-24)16-29-12-5-13-32)19-9-10-20(18-6-3-2-4-7-18)21(15-19)25(26,27)28/h2-4,6-11,13-15,29H,5,12,16H2,1H3. The molecule has 5 nitrogen and oxygen atoms in total. The quantitative estimate of drug-likeness (QED) is 0.264. The van der Waals surface area contributed by atoms with Gasteiger partial charge in [-0.1, -0.05) is 42.5 Å². The van der Waals surface area contributed by atoms with Crippen molar-refractivity contribution in [3.8, 4) is 11.1 Å². The number of alkyl halides is 3. The average Bonchev–Trinajstić information content (AvgIpc) is 3.24. The van der Waals surface area contributed by atoms with Crippen molar-refractivity contribution in [2.75, 3.05) is 18.5 Å². The van der Waals surface area contributed by atoms with Gasteiger partial charge in [0.25, 0.3) is 0 Å². The molecule has 170 valence electrons. The number of carbonyl (C=O) groups is 1. The van der Waals surface area contributed by atoms with Crippen LogP contribution < -0.4 is 10.2 Å². The Morgan fingerprint density at radius 1 is 1.06 bits per heavy atom. The molecule has 0 radical (unpaired) electrons. The number of carbonyl (C=O) groups excluding carboxylic acids is 1. The highest BCUT2D eigenvalue weighted by molar-refractivity contribution is 5.77. The molecular formula is C25H22F3N3O2. The lowest BCUT2D eigenvalue weighted by Crippen LogP contribution is -2.14. The third-order valence-corrected chi connectivity index (χ3v) is 5.28. The van der Waals surface area contributed by atoms with Crippen molar-refractivity contribution < 1.29 is 22.4 Å². The van der Waals surface area contributed by atoms with Gasteiger partial charge >= 0.3 is 12.2 Å². The second-order valence-electron chi connectivity index (χ2n) is 7.58. The summed E-state index contributed by atoms with van der Waals surface area (Å²) in [6.07, 6.45) is -3.23. The van der Waals surface area contributed by atoms with Crippen LogP contribution in [0.25, 0.3) is 22.2 Å². The van der Waals surface area contributed by atoms with Crippen molar-refractivity contribution in [3.05, 3.63) is 77.9 Å². The molecule has 1 heterocycles. The third-order valence-electron chi connectivity index (χ3n) is 5.28. The lowest BCUT2D eigenvalue weighted by molar-refractivity contribution is -0.137. The molecule has 3 aromatic carbocycles. The fraction of sp³-hybridized carbons (Fsp3) is 0.200. The summed E-state index contributed by atoms with van der Waals surface area (Å²) in [5.74, 6) is 0. The van der Waals surface area contributed by atoms with Crippen molar-refractivity contribution in [3.63, 3.8) is 0 Å². The highest BCUT2D eigenvalue weighted by atomic mass is 19.4. The van der Waals surface area contributed by atoms with Crippen molar-refractivity contribution in [2.24, 2.45) is 0 Å². The van der Waals surface area contributed by atoms with Gasteiger partial charge in [-0.25, -0.2) is 0 Å². The predicted molar refractivity (Wildman–Crippen MR) is 121 cm³/mol. The Morgan fingerprint density at radius 3 is 2.58 bits per heavy atom. The molecule has 0 bridgehead atoms. The summed E-state index contributed by atoms with van der Waals surface area (Å²) in [6, 6.07) is 18.4. The van der Waals surface area contributed by atoms with E-state index in [1.165, 1.54) is 11.0 Å². The summed E-state index contributed by atoms with van der Waals surface area (Å²) in [7, 11) is 1.62. The van der Waals surface area contributed by atoms with Crippen LogP contribution in [0.5, 0.6) is 0 Å². The lowest BCUT2D eigenvalue weighted by Gasteiger charge is -2.19. The SMILES string of the molecule is CN(c1ccc(-c2ccccc2)c(C(F)(F)F)c1)c1nc2cc(CNCCC=O)ccc2o1. The molecule has 0 atom stereocenters. The lowest BCUT2D eigenvalue weighted by atomic mass is 9.98. The summed E-state index contributed by atoms with van der Waals surface area (Å²) < 4.78 is 47.4. The van der Waals surface area contributed by atoms with Gasteiger partial charge in [-0.2, -0.15) is 18.2 Å². The molecule has 0 saturated carbocycles. The van der Waals surface area contributed by atoms with E-state index in [-0.39, 0.29) is 11.6 Å². The second kappa shape index (κ2) is 9.46. The van der Waals surface area contributed by atoms with Crippen LogP contribution in [-0.4, -0.2) is 24.9 Å². The Hall–Kier alpha value is -3.65. The summed E-state index contributed by atoms with van der Waals surface area (Å²) in [4.78, 5) is 16.4. The number of benzene rings is 3. The third kappa shape index (κ3) is 5.06. The highest BCUT2D eigenvalue weighted by Gasteiger charge is 2.34. The normalized spacial score (nSPS) is 11.6. The molecule has 0 unspecified atom stereocenters. The molecular weight excluding hydrogens is 431 g/mol. The molecule has 0 aliphatic rings. The molecule has 8 heteroatoms. The van der Waals surface area contributed by atoms with E-state index < -0.39 is 11.7 Å². The van der Waals surface area contributed by atoms with Gasteiger partial charge < -0.3 is 14.5 Å². The van der Waals surface area contributed by atoms with Crippen molar-refractivity contribution in [1.82, 2.24) is 10.3 Å². The number of fused-ring (bicyclic) bond motifs is 1. The minimum Gasteiger partial charge on any atom is -0.423 e. The molecule has 4 aromatic rings. The zero-order valence-corrected chi connectivity index (χ0v) is 17.9. The van der Waals surface area contributed by atoms with Crippen molar-refractivity contribution in [1.29, 1.82) is 0 Å². The van der Waals surface area contributed by atoms with E-state index in [4.69, 9.17) is 4.42 Å². The maximum atomic E-state index is 13.9. The minimum atomic E-state index is -4.52. The van der Waals surface area contributed by atoms with Gasteiger partial charge in [0.05, 0.1) is 5.56 Å². The number of aromatic nitrogens is 1. The summed E-state index contributed by atoms with van der Waals surface area (Å²) in [6.45, 7) is 1.15. The molecule has 0 saturated heterocycles. The Kier molecular flexibility index (Phi) is 6.46. The summed E-state index contributed by atoms with van der Waals surface area (Å²) >= 11 is 0. The van der Waals surface area contributed by atoms with Crippen LogP contribution in [0.3, 0.4) is 0 Å². The van der Waals surface area contributed by atoms with Gasteiger partial charge in [0.1, 0.15) is 11.8 Å². The Bertz CT molecular complexity index is 1250. The molecule has 0 fully saturated rings. The number of nitrogens with one attached hydrogen (secondary N) is 1. The number of aldehydes is 1. The molecule has 0 aliphatic carbocycles. The van der Waals surface area contributed by atoms with E-state index in [0.717, 1.165) is 17.9 Å². The molecule has 0 aliphatic heterocycles. The fourth-order valence-electron chi connectivity index (χ4n) is 3.56. The summed E-state index contributed by atoms with van der Waals surface area (Å²) in [5.41, 5.74) is 2.29. The van der Waals surface area contributed by atoms with Gasteiger partial charge in [-0.05, 0) is 41.0 Å². The van der Waals surface area contributed by atoms with Gasteiger partial charge in [-0.3, -0.25) is 4.90 Å². The predicted octanol–water partition coefficient (Wildman–Crippen LogP) is 5.96. The van der Waals surface area contributed by atoms with Crippen LogP contribution in [0, 0.1) is 0 Å². The maximum absolute atomic E-state index is 13.9. The smallest absolute Gasteiger partial charge is 0.417 e. The number of hydrogen-bond acceptors (Lipinski definition) is 5. The van der Waals surface area contributed by atoms with Crippen LogP contribution in [0.4, 0.5) is 24.9 Å². The first kappa shape index (κ1) is 22.5. The van der Waals surface area contributed by atoms with E-state index in [1.807, 2.05) is 12.1 Å². The average molecular weight is 453 g/mol. The summed E-state index contributed by atoms with van der Waals surface area (Å²) in [5, 5.41) is 3.16. The van der Waals surface area contributed by atoms with Gasteiger partial charge in [-0.15, -0.1) is 0 Å². The van der Waals surface area contributed by atoms with Crippen LogP contribution >= 0.6 is 0 Å². The number of anilines is 2. The van der Waals surface area contributed by atoms with Crippen molar-refractivity contribution in [2.45, 2.75) is 19.1 Å². The van der Waals surface area contributed by atoms with Crippen LogP contribution in [-0.2, 0) is 17.5 Å². The van der Waals surface area contributed by atoms with Crippen LogP contribution in [0.2, 0.25) is 0 Å².